The van der Waals surface area contributed by atoms with E-state index in [0.29, 0.717) is 12.0 Å². The summed E-state index contributed by atoms with van der Waals surface area (Å²) in [5.74, 6) is -14.4. The predicted octanol–water partition coefficient (Wildman–Crippen LogP) is 0.264. The fourth-order valence-corrected chi connectivity index (χ4v) is 12.3. The Morgan fingerprint density at radius 3 is 1.78 bits per heavy atom. The number of carbonyl (C=O) groups excluding carboxylic acids is 13. The van der Waals surface area contributed by atoms with Crippen LogP contribution in [0.2, 0.25) is 0 Å². The number of fused-ring (bicyclic) bond motifs is 4. The van der Waals surface area contributed by atoms with Gasteiger partial charge in [-0.2, -0.15) is 0 Å². The van der Waals surface area contributed by atoms with Crippen molar-refractivity contribution in [1.82, 2.24) is 55.7 Å². The second-order valence-electron chi connectivity index (χ2n) is 25.4. The molecule has 0 bridgehead atoms. The molecule has 12 atom stereocenters. The summed E-state index contributed by atoms with van der Waals surface area (Å²) in [5, 5.41) is 10.4. The van der Waals surface area contributed by atoms with E-state index in [-0.39, 0.29) is 34.4 Å². The number of aryl methyl sites for hydroxylation is 1. The average molecular weight is 1300 g/mol. The van der Waals surface area contributed by atoms with Crippen LogP contribution >= 0.6 is 11.6 Å². The number of ether oxygens (including phenoxy) is 2. The molecular formula is C62H83ClN12O17. The van der Waals surface area contributed by atoms with E-state index < -0.39 is 215 Å². The minimum atomic E-state index is -2.07. The fraction of sp³-hybridized carbons (Fsp3) is 0.597. The van der Waals surface area contributed by atoms with E-state index in [1.54, 1.807) is 55.4 Å². The number of Topliss-reactive ketones (excluding diaryl/α,β-unsaturated/α-hetero) is 1. The number of benzene rings is 2. The largest absolute Gasteiger partial charge is 0.458 e. The Morgan fingerprint density at radius 1 is 0.674 bits per heavy atom. The molecule has 4 saturated heterocycles. The van der Waals surface area contributed by atoms with Crippen molar-refractivity contribution >= 4 is 105 Å². The number of halogens is 1. The zero-order chi connectivity index (χ0) is 68.7. The van der Waals surface area contributed by atoms with Crippen LogP contribution in [-0.2, 0) is 62.2 Å². The van der Waals surface area contributed by atoms with Crippen LogP contribution in [0.4, 0.5) is 5.69 Å². The minimum absolute atomic E-state index is 0.115. The number of alkyl halides is 1. The van der Waals surface area contributed by atoms with E-state index >= 15 is 9.59 Å². The predicted molar refractivity (Wildman–Crippen MR) is 331 cm³/mol. The molecule has 1 aliphatic carbocycles. The van der Waals surface area contributed by atoms with Gasteiger partial charge in [-0.3, -0.25) is 57.5 Å². The maximum atomic E-state index is 15.2. The van der Waals surface area contributed by atoms with Crippen LogP contribution in [0, 0.1) is 31.6 Å². The third kappa shape index (κ3) is 13.7. The number of esters is 2. The Kier molecular flexibility index (Phi) is 21.5. The Morgan fingerprint density at radius 2 is 1.22 bits per heavy atom. The molecule has 12 unspecified atom stereocenters. The summed E-state index contributed by atoms with van der Waals surface area (Å²) in [6.45, 7) is 17.4. The van der Waals surface area contributed by atoms with Crippen molar-refractivity contribution < 1.29 is 76.2 Å². The highest BCUT2D eigenvalue weighted by molar-refractivity contribution is 6.19. The summed E-state index contributed by atoms with van der Waals surface area (Å²) in [4.78, 5) is 212. The number of hydrogen-bond donors (Lipinski definition) is 5. The smallest absolute Gasteiger partial charge is 0.329 e. The van der Waals surface area contributed by atoms with Crippen molar-refractivity contribution in [3.05, 3.63) is 44.6 Å². The SMILES string of the molecule is Cc1c2oc3c(C)ccc(C(=O)NC4C(=O)NC(C(C)C)C(=O)N5C(C)CCC5C(=O)N(C)CC(=O)N(C)C(C(C)C)C(=O)OC4C)c3nc-2c(C(=O)NC2C(=O)NC(C(C)C)C(=O)N3C(C)C(=O)CC3C(=O)N(C)CC(=O)N(C)C(C)C(=O)OC2CCl)c(N)c1=O. The maximum absolute atomic E-state index is 15.2. The first-order valence-corrected chi connectivity index (χ1v) is 31.0. The van der Waals surface area contributed by atoms with Gasteiger partial charge in [-0.05, 0) is 83.8 Å². The van der Waals surface area contributed by atoms with Crippen LogP contribution < -0.4 is 32.4 Å². The van der Waals surface area contributed by atoms with Crippen LogP contribution in [0.1, 0.15) is 120 Å². The third-order valence-electron chi connectivity index (χ3n) is 17.9. The summed E-state index contributed by atoms with van der Waals surface area (Å²) in [6.07, 6.45) is -3.09. The van der Waals surface area contributed by atoms with Gasteiger partial charge in [0, 0.05) is 46.2 Å². The second-order valence-corrected chi connectivity index (χ2v) is 25.7. The molecule has 6 N–H and O–H groups in total. The summed E-state index contributed by atoms with van der Waals surface area (Å²) in [7, 11) is 5.33. The first kappa shape index (κ1) is 70.7. The molecule has 7 rings (SSSR count). The number of nitrogens with one attached hydrogen (secondary N) is 4. The molecule has 5 heterocycles. The van der Waals surface area contributed by atoms with E-state index in [9.17, 15) is 57.5 Å². The quantitative estimate of drug-likeness (QED) is 0.0874. The first-order valence-electron chi connectivity index (χ1n) is 30.5. The summed E-state index contributed by atoms with van der Waals surface area (Å²) in [5.41, 5.74) is 3.09. The van der Waals surface area contributed by atoms with Crippen LogP contribution in [0.25, 0.3) is 22.6 Å². The zero-order valence-electron chi connectivity index (χ0n) is 54.6. The standard InChI is InChI=1S/C62H83ClN12O17/c1-25(2)43-59(86)74-29(8)18-20-35(74)57(84)70(13)24-40(78)73(16)49(27(5)6)62(89)90-33(12)45(55(82)66-43)68-53(80)34-19-17-28(7)51-46(34)65-48-41(42(64)50(79)30(9)52(48)92-51)54(81)69-47-38(22-63)91-61(88)32(11)72(15)39(77)23-71(14)58(85)36-21-37(76)31(10)75(36)60(87)44(26(3)4)67-56(47)83/h17,19,25-27,29,31-33,35-36,38,43-45,47,49H,18,20-24,64H2,1-16H3,(H,66,82)(H,67,83)(H,68,80)(H,69,81). The normalized spacial score (nSPS) is 27.5. The Hall–Kier alpha value is -8.76. The first-order chi connectivity index (χ1) is 43.0. The van der Waals surface area contributed by atoms with E-state index in [2.05, 4.69) is 21.3 Å². The molecule has 0 spiro atoms. The Labute approximate surface area is 536 Å². The number of nitrogens with two attached hydrogens (primary N) is 1. The van der Waals surface area contributed by atoms with Crippen molar-refractivity contribution in [3.8, 4) is 11.5 Å². The van der Waals surface area contributed by atoms with E-state index in [1.165, 1.54) is 77.8 Å². The number of anilines is 1. The Bertz CT molecular complexity index is 3550. The number of carbonyl (C=O) groups is 13. The average Bonchev–Trinajstić information content (AvgIpc) is 0.867. The van der Waals surface area contributed by atoms with Gasteiger partial charge in [0.05, 0.1) is 41.8 Å². The molecule has 29 nitrogen and oxygen atoms in total. The lowest BCUT2D eigenvalue weighted by Crippen LogP contribution is -2.62. The molecule has 4 fully saturated rings. The monoisotopic (exact) mass is 1300 g/mol. The molecule has 1 aromatic rings. The molecule has 30 heteroatoms. The van der Waals surface area contributed by atoms with Gasteiger partial charge in [0.1, 0.15) is 71.8 Å². The summed E-state index contributed by atoms with van der Waals surface area (Å²) in [6, 6.07) is -10.7. The van der Waals surface area contributed by atoms with Crippen LogP contribution in [0.5, 0.6) is 0 Å². The number of nitrogens with zero attached hydrogens (tertiary/aromatic N) is 7. The maximum Gasteiger partial charge on any atom is 0.329 e. The zero-order valence-corrected chi connectivity index (χ0v) is 55.3. The van der Waals surface area contributed by atoms with Gasteiger partial charge in [0.25, 0.3) is 11.8 Å². The van der Waals surface area contributed by atoms with Crippen molar-refractivity contribution in [2.24, 2.45) is 17.8 Å². The number of aromatic nitrogens is 1. The highest BCUT2D eigenvalue weighted by Gasteiger charge is 2.50. The lowest BCUT2D eigenvalue weighted by atomic mass is 9.98. The second kappa shape index (κ2) is 28.0. The van der Waals surface area contributed by atoms with Gasteiger partial charge >= 0.3 is 11.9 Å². The molecule has 92 heavy (non-hydrogen) atoms. The lowest BCUT2D eigenvalue weighted by Gasteiger charge is -2.37. The van der Waals surface area contributed by atoms with Crippen molar-refractivity contribution in [3.63, 3.8) is 0 Å². The highest BCUT2D eigenvalue weighted by Crippen LogP contribution is 2.36. The number of likely N-dealkylation sites (N-methyl/N-ethyl adjacent to an activating group) is 4. The van der Waals surface area contributed by atoms with E-state index in [4.69, 9.17) is 36.2 Å². The Balaban J connectivity index is 1.33. The number of amides is 10. The van der Waals surface area contributed by atoms with Crippen LogP contribution in [0.15, 0.2) is 21.3 Å². The number of hydrogen-bond acceptors (Lipinski definition) is 19. The molecule has 0 radical (unpaired) electrons. The summed E-state index contributed by atoms with van der Waals surface area (Å²) < 4.78 is 18.1. The van der Waals surface area contributed by atoms with Crippen molar-refractivity contribution in [1.29, 1.82) is 0 Å². The number of rotatable bonds is 8. The minimum Gasteiger partial charge on any atom is -0.458 e. The number of nitrogen functional groups attached to an aromatic ring is 1. The molecule has 1 aromatic carbocycles. The molecule has 5 aliphatic heterocycles. The molecule has 500 valence electrons. The molecule has 10 amide bonds. The molecule has 6 aliphatic rings. The van der Waals surface area contributed by atoms with E-state index in [0.717, 1.165) is 19.6 Å². The van der Waals surface area contributed by atoms with Gasteiger partial charge < -0.3 is 70.3 Å². The number of cyclic esters (lactones) is 2. The van der Waals surface area contributed by atoms with E-state index in [1.807, 2.05) is 0 Å². The van der Waals surface area contributed by atoms with Gasteiger partial charge in [-0.1, -0.05) is 47.6 Å². The van der Waals surface area contributed by atoms with Crippen molar-refractivity contribution in [2.45, 2.75) is 175 Å². The summed E-state index contributed by atoms with van der Waals surface area (Å²) >= 11 is 6.49. The van der Waals surface area contributed by atoms with Crippen molar-refractivity contribution in [2.75, 3.05) is 52.9 Å². The van der Waals surface area contributed by atoms with Crippen LogP contribution in [0.3, 0.4) is 0 Å². The van der Waals surface area contributed by atoms with Crippen LogP contribution in [-0.4, -0.2) is 231 Å². The van der Waals surface area contributed by atoms with Gasteiger partial charge in [0.2, 0.25) is 52.7 Å². The fourth-order valence-electron chi connectivity index (χ4n) is 12.1. The highest BCUT2D eigenvalue weighted by atomic mass is 35.5. The third-order valence-corrected chi connectivity index (χ3v) is 18.2. The number of ketones is 1. The molecular weight excluding hydrogens is 1220 g/mol. The topological polar surface area (TPSA) is 377 Å². The lowest BCUT2D eigenvalue weighted by molar-refractivity contribution is -0.163. The molecule has 0 aromatic heterocycles. The molecule has 0 saturated carbocycles. The van der Waals surface area contributed by atoms with Gasteiger partial charge in [-0.15, -0.1) is 11.6 Å². The van der Waals surface area contributed by atoms with Gasteiger partial charge in [0.15, 0.2) is 17.1 Å². The van der Waals surface area contributed by atoms with Gasteiger partial charge in [-0.25, -0.2) is 14.6 Å².